The molecule has 3 N–H and O–H groups in total. The van der Waals surface area contributed by atoms with E-state index in [9.17, 15) is 15.0 Å². The van der Waals surface area contributed by atoms with Crippen LogP contribution >= 0.6 is 0 Å². The number of rotatable bonds is 10. The lowest BCUT2D eigenvalue weighted by molar-refractivity contribution is -0.121. The van der Waals surface area contributed by atoms with Crippen molar-refractivity contribution in [2.75, 3.05) is 6.61 Å². The zero-order valence-electron chi connectivity index (χ0n) is 14.9. The molecule has 4 heteroatoms. The second-order valence-electron chi connectivity index (χ2n) is 7.73. The predicted molar refractivity (Wildman–Crippen MR) is 94.4 cm³/mol. The Hall–Kier alpha value is -0.710. The van der Waals surface area contributed by atoms with Crippen molar-refractivity contribution in [3.63, 3.8) is 0 Å². The lowest BCUT2D eigenvalue weighted by Crippen LogP contribution is -2.32. The molecule has 2 saturated carbocycles. The van der Waals surface area contributed by atoms with Gasteiger partial charge < -0.3 is 15.3 Å². The van der Waals surface area contributed by atoms with Gasteiger partial charge in [0.25, 0.3) is 0 Å². The molecule has 0 spiro atoms. The maximum absolute atomic E-state index is 12.1. The van der Waals surface area contributed by atoms with Gasteiger partial charge in [-0.25, -0.2) is 0 Å². The Labute approximate surface area is 146 Å². The molecule has 0 heterocycles. The first-order valence-corrected chi connectivity index (χ1v) is 9.74. The smallest absolute Gasteiger partial charge is 0.139 e. The van der Waals surface area contributed by atoms with Crippen LogP contribution in [0.15, 0.2) is 12.2 Å². The molecule has 2 aliphatic carbocycles. The third-order valence-corrected chi connectivity index (χ3v) is 6.02. The minimum atomic E-state index is -0.604. The second kappa shape index (κ2) is 9.69. The number of ketones is 1. The highest BCUT2D eigenvalue weighted by Gasteiger charge is 2.40. The average Bonchev–Trinajstić information content (AvgIpc) is 2.77. The molecule has 0 aromatic rings. The molecule has 0 unspecified atom stereocenters. The van der Waals surface area contributed by atoms with E-state index >= 15 is 0 Å². The molecule has 138 valence electrons. The first-order valence-electron chi connectivity index (χ1n) is 9.74. The summed E-state index contributed by atoms with van der Waals surface area (Å²) in [5.74, 6) is 0.999. The van der Waals surface area contributed by atoms with E-state index in [0.29, 0.717) is 5.92 Å². The van der Waals surface area contributed by atoms with Crippen LogP contribution in [0.3, 0.4) is 0 Å². The first kappa shape index (κ1) is 19.6. The van der Waals surface area contributed by atoms with Crippen LogP contribution in [0.2, 0.25) is 0 Å². The number of aliphatic hydroxyl groups excluding tert-OH is 3. The van der Waals surface area contributed by atoms with Gasteiger partial charge in [-0.3, -0.25) is 4.79 Å². The summed E-state index contributed by atoms with van der Waals surface area (Å²) in [6, 6.07) is 0. The van der Waals surface area contributed by atoms with Crippen molar-refractivity contribution >= 4 is 5.78 Å². The standard InChI is InChI=1S/C20H34O4/c1-2-14-11-15(12-14)18(22)9-8-17-16(19(23)13-20(17)24)7-5-3-4-6-10-21/h8-9,14-18,20-22,24H,2-7,10-13H2,1H3/b9-8+/t14?,15?,16-,17-,18+,20-/m1/s1. The summed E-state index contributed by atoms with van der Waals surface area (Å²) in [5.41, 5.74) is 0. The summed E-state index contributed by atoms with van der Waals surface area (Å²) in [4.78, 5) is 12.1. The molecule has 2 aliphatic rings. The van der Waals surface area contributed by atoms with Crippen LogP contribution < -0.4 is 0 Å². The molecule has 4 atom stereocenters. The fraction of sp³-hybridized carbons (Fsp3) is 0.850. The molecule has 2 fully saturated rings. The van der Waals surface area contributed by atoms with Crippen LogP contribution in [0.4, 0.5) is 0 Å². The molecule has 0 aromatic carbocycles. The van der Waals surface area contributed by atoms with Crippen molar-refractivity contribution < 1.29 is 20.1 Å². The predicted octanol–water partition coefficient (Wildman–Crippen LogP) is 2.85. The number of hydrogen-bond acceptors (Lipinski definition) is 4. The molecule has 24 heavy (non-hydrogen) atoms. The van der Waals surface area contributed by atoms with E-state index in [1.165, 1.54) is 6.42 Å². The Balaban J connectivity index is 1.81. The van der Waals surface area contributed by atoms with Crippen LogP contribution in [0.1, 0.15) is 64.7 Å². The number of aliphatic hydroxyl groups is 3. The number of carbonyl (C=O) groups is 1. The molecule has 0 saturated heterocycles. The summed E-state index contributed by atoms with van der Waals surface area (Å²) >= 11 is 0. The molecular weight excluding hydrogens is 304 g/mol. The van der Waals surface area contributed by atoms with Crippen LogP contribution in [0.25, 0.3) is 0 Å². The molecule has 2 rings (SSSR count). The molecule has 0 aliphatic heterocycles. The van der Waals surface area contributed by atoms with Crippen molar-refractivity contribution in [2.45, 2.75) is 76.9 Å². The molecule has 0 radical (unpaired) electrons. The third kappa shape index (κ3) is 5.14. The maximum atomic E-state index is 12.1. The summed E-state index contributed by atoms with van der Waals surface area (Å²) in [7, 11) is 0. The quantitative estimate of drug-likeness (QED) is 0.423. The third-order valence-electron chi connectivity index (χ3n) is 6.02. The Bertz CT molecular complexity index is 414. The fourth-order valence-electron chi connectivity index (χ4n) is 4.22. The van der Waals surface area contributed by atoms with E-state index < -0.39 is 12.2 Å². The highest BCUT2D eigenvalue weighted by molar-refractivity contribution is 5.84. The monoisotopic (exact) mass is 338 g/mol. The van der Waals surface area contributed by atoms with Gasteiger partial charge in [-0.1, -0.05) is 44.8 Å². The highest BCUT2D eigenvalue weighted by atomic mass is 16.3. The lowest BCUT2D eigenvalue weighted by Gasteiger charge is -2.37. The fourth-order valence-corrected chi connectivity index (χ4v) is 4.22. The Morgan fingerprint density at radius 3 is 2.58 bits per heavy atom. The van der Waals surface area contributed by atoms with Crippen molar-refractivity contribution in [3.8, 4) is 0 Å². The van der Waals surface area contributed by atoms with Gasteiger partial charge in [0.15, 0.2) is 0 Å². The maximum Gasteiger partial charge on any atom is 0.139 e. The summed E-state index contributed by atoms with van der Waals surface area (Å²) in [6.07, 6.45) is 10.8. The van der Waals surface area contributed by atoms with Crippen molar-refractivity contribution in [1.29, 1.82) is 0 Å². The van der Waals surface area contributed by atoms with Gasteiger partial charge in [0.05, 0.1) is 12.2 Å². The molecular formula is C20H34O4. The van der Waals surface area contributed by atoms with Crippen LogP contribution in [0, 0.1) is 23.7 Å². The van der Waals surface area contributed by atoms with E-state index in [0.717, 1.165) is 50.9 Å². The lowest BCUT2D eigenvalue weighted by atomic mass is 9.70. The number of carbonyl (C=O) groups excluding carboxylic acids is 1. The van der Waals surface area contributed by atoms with E-state index in [1.54, 1.807) is 0 Å². The van der Waals surface area contributed by atoms with Crippen molar-refractivity contribution in [3.05, 3.63) is 12.2 Å². The van der Waals surface area contributed by atoms with E-state index in [2.05, 4.69) is 6.92 Å². The molecule has 0 bridgehead atoms. The van der Waals surface area contributed by atoms with E-state index in [-0.39, 0.29) is 30.6 Å². The summed E-state index contributed by atoms with van der Waals surface area (Å²) < 4.78 is 0. The Kier molecular flexibility index (Phi) is 7.92. The Morgan fingerprint density at radius 2 is 1.92 bits per heavy atom. The molecule has 0 amide bonds. The van der Waals surface area contributed by atoms with E-state index in [1.807, 2.05) is 12.2 Å². The SMILES string of the molecule is CCC1CC([C@@H](O)/C=C/[C@H]2[C@H](O)CC(=O)[C@@H]2CCCCCCO)C1. The van der Waals surface area contributed by atoms with Gasteiger partial charge in [0, 0.05) is 24.9 Å². The Morgan fingerprint density at radius 1 is 1.21 bits per heavy atom. The van der Waals surface area contributed by atoms with Gasteiger partial charge in [-0.15, -0.1) is 0 Å². The topological polar surface area (TPSA) is 77.8 Å². The summed E-state index contributed by atoms with van der Waals surface area (Å²) in [5, 5.41) is 29.3. The zero-order valence-corrected chi connectivity index (χ0v) is 14.9. The van der Waals surface area contributed by atoms with Gasteiger partial charge in [-0.05, 0) is 37.5 Å². The number of unbranched alkanes of at least 4 members (excludes halogenated alkanes) is 3. The minimum absolute atomic E-state index is 0.109. The van der Waals surface area contributed by atoms with Gasteiger partial charge in [0.2, 0.25) is 0 Å². The van der Waals surface area contributed by atoms with Crippen molar-refractivity contribution in [2.24, 2.45) is 23.7 Å². The van der Waals surface area contributed by atoms with Crippen LogP contribution in [-0.2, 0) is 4.79 Å². The highest BCUT2D eigenvalue weighted by Crippen LogP contribution is 2.39. The van der Waals surface area contributed by atoms with Crippen LogP contribution in [0.5, 0.6) is 0 Å². The normalized spacial score (nSPS) is 34.7. The van der Waals surface area contributed by atoms with Gasteiger partial charge >= 0.3 is 0 Å². The second-order valence-corrected chi connectivity index (χ2v) is 7.73. The van der Waals surface area contributed by atoms with Gasteiger partial charge in [-0.2, -0.15) is 0 Å². The van der Waals surface area contributed by atoms with Gasteiger partial charge in [0.1, 0.15) is 5.78 Å². The summed E-state index contributed by atoms with van der Waals surface area (Å²) in [6.45, 7) is 2.42. The largest absolute Gasteiger partial charge is 0.396 e. The number of hydrogen-bond donors (Lipinski definition) is 3. The minimum Gasteiger partial charge on any atom is -0.396 e. The first-order chi connectivity index (χ1) is 11.6. The number of Topliss-reactive ketones (excluding diaryl/α,β-unsaturated/α-hetero) is 1. The zero-order chi connectivity index (χ0) is 17.5. The average molecular weight is 338 g/mol. The molecule has 0 aromatic heterocycles. The van der Waals surface area contributed by atoms with Crippen molar-refractivity contribution in [1.82, 2.24) is 0 Å². The molecule has 4 nitrogen and oxygen atoms in total. The van der Waals surface area contributed by atoms with E-state index in [4.69, 9.17) is 5.11 Å². The van der Waals surface area contributed by atoms with Crippen LogP contribution in [-0.4, -0.2) is 39.9 Å².